The van der Waals surface area contributed by atoms with Crippen molar-refractivity contribution in [2.45, 2.75) is 29.1 Å². The zero-order chi connectivity index (χ0) is 25.4. The molecule has 6 aromatic rings. The molecule has 0 radical (unpaired) electrons. The van der Waals surface area contributed by atoms with E-state index in [4.69, 9.17) is 0 Å². The van der Waals surface area contributed by atoms with Crippen LogP contribution in [0.2, 0.25) is 0 Å². The first-order chi connectivity index (χ1) is 18.6. The van der Waals surface area contributed by atoms with Crippen LogP contribution >= 0.6 is 11.8 Å². The lowest BCUT2D eigenvalue weighted by atomic mass is 9.82. The van der Waals surface area contributed by atoms with Gasteiger partial charge in [-0.05, 0) is 85.3 Å². The van der Waals surface area contributed by atoms with Crippen LogP contribution in [-0.4, -0.2) is 0 Å². The Morgan fingerprint density at radius 2 is 1.16 bits per heavy atom. The lowest BCUT2D eigenvalue weighted by molar-refractivity contribution is 0.660. The summed E-state index contributed by atoms with van der Waals surface area (Å²) in [5.74, 6) is 0. The van der Waals surface area contributed by atoms with Crippen LogP contribution < -0.4 is 0 Å². The van der Waals surface area contributed by atoms with Gasteiger partial charge < -0.3 is 0 Å². The summed E-state index contributed by atoms with van der Waals surface area (Å²) in [4.78, 5) is 2.68. The smallest absolute Gasteiger partial charge is 0.0207 e. The minimum absolute atomic E-state index is 0.00696. The van der Waals surface area contributed by atoms with Gasteiger partial charge in [-0.15, -0.1) is 0 Å². The molecular weight excluding hydrogens is 476 g/mol. The van der Waals surface area contributed by atoms with Gasteiger partial charge in [0, 0.05) is 20.6 Å². The molecule has 0 N–H and O–H groups in total. The molecule has 0 nitrogen and oxygen atoms in total. The predicted octanol–water partition coefficient (Wildman–Crippen LogP) is 10.6. The fourth-order valence-electron chi connectivity index (χ4n) is 6.60. The van der Waals surface area contributed by atoms with Crippen LogP contribution in [0.3, 0.4) is 0 Å². The van der Waals surface area contributed by atoms with Crippen molar-refractivity contribution in [2.75, 3.05) is 0 Å². The van der Waals surface area contributed by atoms with Crippen LogP contribution in [0, 0.1) is 0 Å². The van der Waals surface area contributed by atoms with Crippen molar-refractivity contribution in [1.29, 1.82) is 0 Å². The molecule has 0 atom stereocenters. The Balaban J connectivity index is 1.28. The summed E-state index contributed by atoms with van der Waals surface area (Å²) in [6.07, 6.45) is 0. The van der Waals surface area contributed by atoms with E-state index in [1.807, 2.05) is 11.8 Å². The summed E-state index contributed by atoms with van der Waals surface area (Å²) >= 11 is 1.89. The van der Waals surface area contributed by atoms with Crippen LogP contribution in [0.15, 0.2) is 131 Å². The van der Waals surface area contributed by atoms with Gasteiger partial charge in [-0.3, -0.25) is 0 Å². The number of rotatable bonds is 2. The molecule has 0 fully saturated rings. The molecule has 1 heterocycles. The van der Waals surface area contributed by atoms with Crippen molar-refractivity contribution in [3.8, 4) is 44.5 Å². The van der Waals surface area contributed by atoms with Crippen LogP contribution in [0.1, 0.15) is 25.0 Å². The molecule has 2 aliphatic rings. The highest BCUT2D eigenvalue weighted by Crippen LogP contribution is 2.52. The van der Waals surface area contributed by atoms with E-state index in [2.05, 4.69) is 135 Å². The molecule has 0 aromatic heterocycles. The van der Waals surface area contributed by atoms with Crippen LogP contribution in [0.4, 0.5) is 0 Å². The van der Waals surface area contributed by atoms with Gasteiger partial charge in [0.1, 0.15) is 0 Å². The SMILES string of the molecule is CC1(C)c2ccccc2-c2c(-c3cccc(-c4ccc5c(c4)-c4cccc6cccc(c46)S5)c3)cccc21. The molecule has 1 heteroatoms. The van der Waals surface area contributed by atoms with Crippen molar-refractivity contribution >= 4 is 22.5 Å². The second-order valence-corrected chi connectivity index (χ2v) is 12.0. The van der Waals surface area contributed by atoms with E-state index in [0.717, 1.165) is 0 Å². The van der Waals surface area contributed by atoms with E-state index in [1.165, 1.54) is 76.2 Å². The highest BCUT2D eigenvalue weighted by atomic mass is 32.2. The molecule has 0 amide bonds. The van der Waals surface area contributed by atoms with E-state index in [-0.39, 0.29) is 5.41 Å². The number of hydrogen-bond donors (Lipinski definition) is 0. The first-order valence-electron chi connectivity index (χ1n) is 13.3. The normalized spacial score (nSPS) is 14.2. The van der Waals surface area contributed by atoms with Crippen molar-refractivity contribution in [1.82, 2.24) is 0 Å². The summed E-state index contributed by atoms with van der Waals surface area (Å²) in [7, 11) is 0. The summed E-state index contributed by atoms with van der Waals surface area (Å²) in [6.45, 7) is 4.70. The third-order valence-corrected chi connectivity index (χ3v) is 9.61. The van der Waals surface area contributed by atoms with E-state index in [0.29, 0.717) is 0 Å². The summed E-state index contributed by atoms with van der Waals surface area (Å²) in [5, 5.41) is 2.69. The lowest BCUT2D eigenvalue weighted by Crippen LogP contribution is -2.14. The Hall–Kier alpha value is -4.07. The maximum Gasteiger partial charge on any atom is 0.0207 e. The van der Waals surface area contributed by atoms with Gasteiger partial charge in [0.2, 0.25) is 0 Å². The Morgan fingerprint density at radius 1 is 0.474 bits per heavy atom. The highest BCUT2D eigenvalue weighted by molar-refractivity contribution is 7.99. The van der Waals surface area contributed by atoms with Gasteiger partial charge >= 0.3 is 0 Å². The number of fused-ring (bicyclic) bond motifs is 5. The first kappa shape index (κ1) is 22.0. The molecule has 8 rings (SSSR count). The third-order valence-electron chi connectivity index (χ3n) is 8.47. The Morgan fingerprint density at radius 3 is 2.08 bits per heavy atom. The summed E-state index contributed by atoms with van der Waals surface area (Å²) in [5.41, 5.74) is 13.4. The molecular formula is C37H26S. The molecule has 6 aromatic carbocycles. The molecule has 38 heavy (non-hydrogen) atoms. The van der Waals surface area contributed by atoms with Crippen molar-refractivity contribution < 1.29 is 0 Å². The maximum atomic E-state index is 2.39. The fourth-order valence-corrected chi connectivity index (χ4v) is 7.73. The highest BCUT2D eigenvalue weighted by Gasteiger charge is 2.36. The van der Waals surface area contributed by atoms with Gasteiger partial charge in [0.05, 0.1) is 0 Å². The molecule has 1 aliphatic carbocycles. The molecule has 0 saturated heterocycles. The monoisotopic (exact) mass is 502 g/mol. The molecule has 180 valence electrons. The van der Waals surface area contributed by atoms with Gasteiger partial charge in [-0.1, -0.05) is 123 Å². The van der Waals surface area contributed by atoms with Gasteiger partial charge in [0.15, 0.2) is 0 Å². The van der Waals surface area contributed by atoms with E-state index in [1.54, 1.807) is 0 Å². The zero-order valence-electron chi connectivity index (χ0n) is 21.5. The first-order valence-corrected chi connectivity index (χ1v) is 14.1. The van der Waals surface area contributed by atoms with E-state index < -0.39 is 0 Å². The van der Waals surface area contributed by atoms with Crippen molar-refractivity contribution in [2.24, 2.45) is 0 Å². The van der Waals surface area contributed by atoms with Crippen LogP contribution in [0.5, 0.6) is 0 Å². The lowest BCUT2D eigenvalue weighted by Gasteiger charge is -2.22. The Bertz CT molecular complexity index is 1920. The van der Waals surface area contributed by atoms with Gasteiger partial charge in [-0.2, -0.15) is 0 Å². The summed E-state index contributed by atoms with van der Waals surface area (Å²) < 4.78 is 0. The second-order valence-electron chi connectivity index (χ2n) is 11.0. The predicted molar refractivity (Wildman–Crippen MR) is 162 cm³/mol. The van der Waals surface area contributed by atoms with Gasteiger partial charge in [-0.25, -0.2) is 0 Å². The Labute approximate surface area is 228 Å². The third kappa shape index (κ3) is 3.06. The molecule has 0 saturated carbocycles. The Kier molecular flexibility index (Phi) is 4.60. The minimum Gasteiger partial charge on any atom is -0.0888 e. The van der Waals surface area contributed by atoms with Gasteiger partial charge in [0.25, 0.3) is 0 Å². The minimum atomic E-state index is 0.00696. The zero-order valence-corrected chi connectivity index (χ0v) is 22.3. The van der Waals surface area contributed by atoms with Crippen molar-refractivity contribution in [3.05, 3.63) is 132 Å². The van der Waals surface area contributed by atoms with E-state index >= 15 is 0 Å². The largest absolute Gasteiger partial charge is 0.0888 e. The average molecular weight is 503 g/mol. The van der Waals surface area contributed by atoms with E-state index in [9.17, 15) is 0 Å². The number of hydrogen-bond acceptors (Lipinski definition) is 1. The standard InChI is InChI=1S/C37H26S/c1-37(2)31-16-4-3-13-29(31)36-27(14-8-17-32(36)37)26-12-5-11-24(21-26)25-19-20-33-30(22-25)28-15-6-9-23-10-7-18-34(38-33)35(23)28/h3-22H,1-2H3. The topological polar surface area (TPSA) is 0 Å². The van der Waals surface area contributed by atoms with Crippen LogP contribution in [0.25, 0.3) is 55.3 Å². The van der Waals surface area contributed by atoms with Crippen molar-refractivity contribution in [3.63, 3.8) is 0 Å². The fraction of sp³-hybridized carbons (Fsp3) is 0.0811. The molecule has 0 spiro atoms. The number of benzene rings is 6. The molecule has 0 bridgehead atoms. The average Bonchev–Trinajstić information content (AvgIpc) is 3.20. The van der Waals surface area contributed by atoms with Crippen LogP contribution in [-0.2, 0) is 5.41 Å². The molecule has 0 unspecified atom stereocenters. The molecule has 1 aliphatic heterocycles. The quantitative estimate of drug-likeness (QED) is 0.226. The summed E-state index contributed by atoms with van der Waals surface area (Å²) in [6, 6.07) is 45.1. The second kappa shape index (κ2) is 7.96. The maximum absolute atomic E-state index is 2.39.